The molecule has 0 aliphatic rings. The Labute approximate surface area is 98.6 Å². The first kappa shape index (κ1) is 13.7. The van der Waals surface area contributed by atoms with Gasteiger partial charge in [-0.1, -0.05) is 0 Å². The summed E-state index contributed by atoms with van der Waals surface area (Å²) in [4.78, 5) is 10.5. The van der Waals surface area contributed by atoms with Crippen LogP contribution in [0.1, 0.15) is 11.1 Å². The first-order valence-corrected chi connectivity index (χ1v) is 4.47. The van der Waals surface area contributed by atoms with E-state index in [9.17, 15) is 22.4 Å². The van der Waals surface area contributed by atoms with Crippen molar-refractivity contribution in [3.8, 4) is 6.07 Å². The molecule has 0 radical (unpaired) electrons. The minimum absolute atomic E-state index is 0.282. The molecule has 0 unspecified atom stereocenters. The van der Waals surface area contributed by atoms with Gasteiger partial charge in [-0.05, 0) is 29.8 Å². The maximum atomic E-state index is 13.0. The molecule has 1 rings (SSSR count). The van der Waals surface area contributed by atoms with Crippen LogP contribution in [-0.4, -0.2) is 11.1 Å². The fourth-order valence-corrected chi connectivity index (χ4v) is 1.17. The second-order valence-corrected chi connectivity index (χ2v) is 3.25. The Morgan fingerprint density at radius 3 is 2.39 bits per heavy atom. The van der Waals surface area contributed by atoms with Gasteiger partial charge in [-0.25, -0.2) is 9.18 Å². The molecule has 1 aromatic carbocycles. The third-order valence-corrected chi connectivity index (χ3v) is 1.91. The zero-order valence-corrected chi connectivity index (χ0v) is 8.62. The highest BCUT2D eigenvalue weighted by molar-refractivity contribution is 5.96. The Morgan fingerprint density at radius 1 is 1.33 bits per heavy atom. The topological polar surface area (TPSA) is 61.1 Å². The molecule has 0 amide bonds. The van der Waals surface area contributed by atoms with Crippen molar-refractivity contribution in [3.63, 3.8) is 0 Å². The Bertz CT molecular complexity index is 555. The molecule has 0 aliphatic heterocycles. The molecule has 94 valence electrons. The van der Waals surface area contributed by atoms with Crippen LogP contribution in [0.15, 0.2) is 23.8 Å². The van der Waals surface area contributed by atoms with Gasteiger partial charge >= 0.3 is 12.1 Å². The SMILES string of the molecule is N#C/C(=C\c1cc(F)cc(C(F)(F)F)c1)C(=O)O. The molecule has 0 fully saturated rings. The molecular weight excluding hydrogens is 254 g/mol. The average molecular weight is 259 g/mol. The lowest BCUT2D eigenvalue weighted by molar-refractivity contribution is -0.137. The van der Waals surface area contributed by atoms with Crippen molar-refractivity contribution in [3.05, 3.63) is 40.7 Å². The van der Waals surface area contributed by atoms with Crippen molar-refractivity contribution < 1.29 is 27.5 Å². The van der Waals surface area contributed by atoms with Crippen LogP contribution < -0.4 is 0 Å². The summed E-state index contributed by atoms with van der Waals surface area (Å²) in [6.45, 7) is 0. The number of rotatable bonds is 2. The second kappa shape index (κ2) is 4.87. The summed E-state index contributed by atoms with van der Waals surface area (Å²) in [5.41, 5.74) is -2.38. The van der Waals surface area contributed by atoms with Crippen molar-refractivity contribution >= 4 is 12.0 Å². The smallest absolute Gasteiger partial charge is 0.416 e. The molecule has 18 heavy (non-hydrogen) atoms. The van der Waals surface area contributed by atoms with E-state index in [2.05, 4.69) is 0 Å². The fourth-order valence-electron chi connectivity index (χ4n) is 1.17. The largest absolute Gasteiger partial charge is 0.477 e. The Morgan fingerprint density at radius 2 is 1.94 bits per heavy atom. The fraction of sp³-hybridized carbons (Fsp3) is 0.0909. The van der Waals surface area contributed by atoms with Crippen LogP contribution in [0.5, 0.6) is 0 Å². The van der Waals surface area contributed by atoms with E-state index in [-0.39, 0.29) is 11.6 Å². The predicted molar refractivity (Wildman–Crippen MR) is 52.6 cm³/mol. The number of benzene rings is 1. The second-order valence-electron chi connectivity index (χ2n) is 3.25. The van der Waals surface area contributed by atoms with Crippen molar-refractivity contribution in [2.45, 2.75) is 6.18 Å². The van der Waals surface area contributed by atoms with Gasteiger partial charge in [-0.2, -0.15) is 18.4 Å². The van der Waals surface area contributed by atoms with Gasteiger partial charge in [0.05, 0.1) is 5.56 Å². The number of nitriles is 1. The summed E-state index contributed by atoms with van der Waals surface area (Å²) in [7, 11) is 0. The molecule has 3 nitrogen and oxygen atoms in total. The third-order valence-electron chi connectivity index (χ3n) is 1.91. The summed E-state index contributed by atoms with van der Waals surface area (Å²) in [5, 5.41) is 17.0. The monoisotopic (exact) mass is 259 g/mol. The maximum Gasteiger partial charge on any atom is 0.416 e. The first-order valence-electron chi connectivity index (χ1n) is 4.47. The van der Waals surface area contributed by atoms with Crippen LogP contribution in [0.3, 0.4) is 0 Å². The molecule has 0 saturated heterocycles. The molecule has 1 N–H and O–H groups in total. The van der Waals surface area contributed by atoms with Crippen LogP contribution in [0.4, 0.5) is 17.6 Å². The number of carbonyl (C=O) groups is 1. The van der Waals surface area contributed by atoms with E-state index in [0.717, 1.165) is 0 Å². The van der Waals surface area contributed by atoms with Gasteiger partial charge in [-0.15, -0.1) is 0 Å². The minimum Gasteiger partial charge on any atom is -0.477 e. The van der Waals surface area contributed by atoms with Crippen LogP contribution in [-0.2, 0) is 11.0 Å². The Hall–Kier alpha value is -2.36. The van der Waals surface area contributed by atoms with Gasteiger partial charge < -0.3 is 5.11 Å². The third kappa shape index (κ3) is 3.31. The molecule has 0 spiro atoms. The highest BCUT2D eigenvalue weighted by Crippen LogP contribution is 2.30. The van der Waals surface area contributed by atoms with Gasteiger partial charge in [0.1, 0.15) is 17.5 Å². The summed E-state index contributed by atoms with van der Waals surface area (Å²) in [5.74, 6) is -2.77. The van der Waals surface area contributed by atoms with Crippen LogP contribution in [0, 0.1) is 17.1 Å². The van der Waals surface area contributed by atoms with Gasteiger partial charge in [0, 0.05) is 0 Å². The van der Waals surface area contributed by atoms with Crippen molar-refractivity contribution in [2.24, 2.45) is 0 Å². The lowest BCUT2D eigenvalue weighted by Gasteiger charge is -2.07. The zero-order chi connectivity index (χ0) is 13.9. The van der Waals surface area contributed by atoms with E-state index in [1.807, 2.05) is 0 Å². The molecule has 1 aromatic rings. The maximum absolute atomic E-state index is 13.0. The summed E-state index contributed by atoms with van der Waals surface area (Å²) in [6.07, 6.45) is -4.08. The number of hydrogen-bond donors (Lipinski definition) is 1. The van der Waals surface area contributed by atoms with E-state index in [1.54, 1.807) is 0 Å². The molecule has 7 heteroatoms. The Balaban J connectivity index is 3.32. The van der Waals surface area contributed by atoms with Gasteiger partial charge in [-0.3, -0.25) is 0 Å². The number of halogens is 4. The van der Waals surface area contributed by atoms with Crippen molar-refractivity contribution in [1.82, 2.24) is 0 Å². The van der Waals surface area contributed by atoms with Crippen LogP contribution >= 0.6 is 0 Å². The number of carboxylic acid groups (broad SMARTS) is 1. The van der Waals surface area contributed by atoms with Gasteiger partial charge in [0.15, 0.2) is 0 Å². The lowest BCUT2D eigenvalue weighted by atomic mass is 10.1. The zero-order valence-electron chi connectivity index (χ0n) is 8.62. The molecule has 0 heterocycles. The van der Waals surface area contributed by atoms with Gasteiger partial charge in [0.25, 0.3) is 0 Å². The molecule has 0 bridgehead atoms. The van der Waals surface area contributed by atoms with E-state index >= 15 is 0 Å². The number of carboxylic acids is 1. The van der Waals surface area contributed by atoms with Crippen LogP contribution in [0.2, 0.25) is 0 Å². The number of alkyl halides is 3. The minimum atomic E-state index is -4.75. The standard InChI is InChI=1S/C11H5F4NO2/c12-9-3-6(1-7(5-16)10(17)18)2-8(4-9)11(13,14)15/h1-4H,(H,17,18)/b7-1+. The molecule has 0 aromatic heterocycles. The molecule has 0 atom stereocenters. The highest BCUT2D eigenvalue weighted by atomic mass is 19.4. The summed E-state index contributed by atoms with van der Waals surface area (Å²) < 4.78 is 50.0. The van der Waals surface area contributed by atoms with E-state index in [4.69, 9.17) is 10.4 Å². The predicted octanol–water partition coefficient (Wildman–Crippen LogP) is 2.84. The van der Waals surface area contributed by atoms with Crippen molar-refractivity contribution in [1.29, 1.82) is 5.26 Å². The summed E-state index contributed by atoms with van der Waals surface area (Å²) in [6, 6.07) is 2.83. The molecule has 0 aliphatic carbocycles. The van der Waals surface area contributed by atoms with E-state index < -0.39 is 29.1 Å². The van der Waals surface area contributed by atoms with Crippen LogP contribution in [0.25, 0.3) is 6.08 Å². The normalized spacial score (nSPS) is 12.1. The Kier molecular flexibility index (Phi) is 3.71. The highest BCUT2D eigenvalue weighted by Gasteiger charge is 2.31. The van der Waals surface area contributed by atoms with Gasteiger partial charge in [0.2, 0.25) is 0 Å². The number of aliphatic carboxylic acids is 1. The average Bonchev–Trinajstić information content (AvgIpc) is 2.23. The molecule has 0 saturated carbocycles. The number of nitrogens with zero attached hydrogens (tertiary/aromatic N) is 1. The number of hydrogen-bond acceptors (Lipinski definition) is 2. The van der Waals surface area contributed by atoms with E-state index in [1.165, 1.54) is 6.07 Å². The lowest BCUT2D eigenvalue weighted by Crippen LogP contribution is -2.06. The summed E-state index contributed by atoms with van der Waals surface area (Å²) >= 11 is 0. The van der Waals surface area contributed by atoms with E-state index in [0.29, 0.717) is 18.2 Å². The quantitative estimate of drug-likeness (QED) is 0.504. The first-order chi connectivity index (χ1) is 8.24. The van der Waals surface area contributed by atoms with Crippen molar-refractivity contribution in [2.75, 3.05) is 0 Å². The molecular formula is C11H5F4NO2.